The maximum Gasteiger partial charge on any atom is 0.269 e. The van der Waals surface area contributed by atoms with Gasteiger partial charge in [0.15, 0.2) is 6.61 Å². The van der Waals surface area contributed by atoms with E-state index in [1.54, 1.807) is 18.2 Å². The molecule has 8 heteroatoms. The first kappa shape index (κ1) is 18.0. The zero-order chi connectivity index (χ0) is 18.4. The van der Waals surface area contributed by atoms with E-state index in [2.05, 4.69) is 0 Å². The maximum atomic E-state index is 10.9. The summed E-state index contributed by atoms with van der Waals surface area (Å²) in [4.78, 5) is 21.1. The summed E-state index contributed by atoms with van der Waals surface area (Å²) in [5.41, 5.74) is 6.21. The maximum absolute atomic E-state index is 10.9. The summed E-state index contributed by atoms with van der Waals surface area (Å²) in [5, 5.41) is 20.5. The number of hydrogen-bond acceptors (Lipinski definition) is 5. The fourth-order valence-electron chi connectivity index (χ4n) is 2.01. The molecule has 7 nitrogen and oxygen atoms in total. The molecule has 1 amide bonds. The number of nitro groups is 1. The molecule has 0 aliphatic carbocycles. The minimum absolute atomic E-state index is 0.0747. The Morgan fingerprint density at radius 1 is 1.32 bits per heavy atom. The molecule has 2 aromatic rings. The second-order valence-electron chi connectivity index (χ2n) is 4.91. The molecule has 2 N–H and O–H groups in total. The van der Waals surface area contributed by atoms with Crippen LogP contribution in [0.5, 0.6) is 5.75 Å². The van der Waals surface area contributed by atoms with Crippen molar-refractivity contribution in [2.75, 3.05) is 6.61 Å². The largest absolute Gasteiger partial charge is 0.483 e. The SMILES string of the molecule is N#CC(=Cc1cc(Cl)ccc1OCC(N)=O)c1ccc([N+](=O)[O-])cc1. The van der Waals surface area contributed by atoms with Crippen LogP contribution >= 0.6 is 11.6 Å². The molecule has 0 aliphatic rings. The van der Waals surface area contributed by atoms with Gasteiger partial charge in [-0.25, -0.2) is 0 Å². The quantitative estimate of drug-likeness (QED) is 0.368. The molecule has 0 unspecified atom stereocenters. The van der Waals surface area contributed by atoms with Crippen LogP contribution in [-0.2, 0) is 4.79 Å². The van der Waals surface area contributed by atoms with Crippen molar-refractivity contribution in [1.82, 2.24) is 0 Å². The van der Waals surface area contributed by atoms with Gasteiger partial charge in [-0.3, -0.25) is 14.9 Å². The van der Waals surface area contributed by atoms with E-state index >= 15 is 0 Å². The highest BCUT2D eigenvalue weighted by Crippen LogP contribution is 2.28. The van der Waals surface area contributed by atoms with Gasteiger partial charge in [-0.2, -0.15) is 5.26 Å². The monoisotopic (exact) mass is 357 g/mol. The van der Waals surface area contributed by atoms with E-state index in [0.29, 0.717) is 21.9 Å². The first-order valence-electron chi connectivity index (χ1n) is 6.98. The van der Waals surface area contributed by atoms with Gasteiger partial charge in [-0.1, -0.05) is 11.6 Å². The number of non-ortho nitro benzene ring substituents is 1. The number of allylic oxidation sites excluding steroid dienone is 1. The molecule has 25 heavy (non-hydrogen) atoms. The zero-order valence-electron chi connectivity index (χ0n) is 12.8. The van der Waals surface area contributed by atoms with Crippen molar-refractivity contribution in [3.8, 4) is 11.8 Å². The smallest absolute Gasteiger partial charge is 0.269 e. The van der Waals surface area contributed by atoms with Crippen LogP contribution in [0.4, 0.5) is 5.69 Å². The molecule has 2 rings (SSSR count). The lowest BCUT2D eigenvalue weighted by molar-refractivity contribution is -0.384. The van der Waals surface area contributed by atoms with Crippen molar-refractivity contribution in [3.63, 3.8) is 0 Å². The number of primary amides is 1. The fraction of sp³-hybridized carbons (Fsp3) is 0.0588. The lowest BCUT2D eigenvalue weighted by Gasteiger charge is -2.09. The number of nitrogens with two attached hydrogens (primary N) is 1. The summed E-state index contributed by atoms with van der Waals surface area (Å²) >= 11 is 5.97. The molecule has 0 heterocycles. The first-order chi connectivity index (χ1) is 11.9. The van der Waals surface area contributed by atoms with E-state index in [-0.39, 0.29) is 17.9 Å². The predicted octanol–water partition coefficient (Wildman–Crippen LogP) is 3.18. The van der Waals surface area contributed by atoms with Crippen LogP contribution < -0.4 is 10.5 Å². The minimum Gasteiger partial charge on any atom is -0.483 e. The Hall–Kier alpha value is -3.37. The predicted molar refractivity (Wildman–Crippen MR) is 92.7 cm³/mol. The number of amides is 1. The third kappa shape index (κ3) is 4.80. The van der Waals surface area contributed by atoms with Crippen molar-refractivity contribution >= 4 is 34.8 Å². The van der Waals surface area contributed by atoms with Gasteiger partial charge in [0.1, 0.15) is 5.75 Å². The number of carbonyl (C=O) groups excluding carboxylic acids is 1. The van der Waals surface area contributed by atoms with Gasteiger partial charge in [0.05, 0.1) is 16.6 Å². The molecule has 0 bridgehead atoms. The summed E-state index contributed by atoms with van der Waals surface area (Å²) < 4.78 is 5.31. The van der Waals surface area contributed by atoms with Crippen molar-refractivity contribution in [3.05, 3.63) is 68.7 Å². The van der Waals surface area contributed by atoms with Gasteiger partial charge in [-0.15, -0.1) is 0 Å². The molecule has 0 saturated heterocycles. The fourth-order valence-corrected chi connectivity index (χ4v) is 2.19. The Morgan fingerprint density at radius 3 is 2.56 bits per heavy atom. The van der Waals surface area contributed by atoms with E-state index in [0.717, 1.165) is 0 Å². The van der Waals surface area contributed by atoms with Crippen LogP contribution in [0.2, 0.25) is 5.02 Å². The Bertz CT molecular complexity index is 886. The number of hydrogen-bond donors (Lipinski definition) is 1. The van der Waals surface area contributed by atoms with Gasteiger partial charge >= 0.3 is 0 Å². The Morgan fingerprint density at radius 2 is 2.00 bits per heavy atom. The van der Waals surface area contributed by atoms with E-state index in [9.17, 15) is 20.2 Å². The zero-order valence-corrected chi connectivity index (χ0v) is 13.6. The Balaban J connectivity index is 2.41. The number of rotatable bonds is 6. The number of nitrogens with zero attached hydrogens (tertiary/aromatic N) is 2. The van der Waals surface area contributed by atoms with E-state index in [1.807, 2.05) is 6.07 Å². The van der Waals surface area contributed by atoms with Crippen molar-refractivity contribution < 1.29 is 14.5 Å². The summed E-state index contributed by atoms with van der Waals surface area (Å²) in [7, 11) is 0. The molecular weight excluding hydrogens is 346 g/mol. The second kappa shape index (κ2) is 7.95. The lowest BCUT2D eigenvalue weighted by Crippen LogP contribution is -2.20. The Labute approximate surface area is 148 Å². The normalized spacial score (nSPS) is 10.8. The molecular formula is C17H12ClN3O4. The molecule has 2 aromatic carbocycles. The van der Waals surface area contributed by atoms with E-state index in [1.165, 1.54) is 30.3 Å². The second-order valence-corrected chi connectivity index (χ2v) is 5.35. The van der Waals surface area contributed by atoms with Gasteiger partial charge in [-0.05, 0) is 42.0 Å². The molecule has 0 fully saturated rings. The molecule has 126 valence electrons. The lowest BCUT2D eigenvalue weighted by atomic mass is 10.0. The number of nitro benzene ring substituents is 1. The van der Waals surface area contributed by atoms with Crippen molar-refractivity contribution in [1.29, 1.82) is 5.26 Å². The highest BCUT2D eigenvalue weighted by Gasteiger charge is 2.10. The van der Waals surface area contributed by atoms with Crippen LogP contribution in [0.1, 0.15) is 11.1 Å². The van der Waals surface area contributed by atoms with Crippen LogP contribution in [0.3, 0.4) is 0 Å². The molecule has 0 aromatic heterocycles. The highest BCUT2D eigenvalue weighted by molar-refractivity contribution is 6.30. The number of carbonyl (C=O) groups is 1. The number of benzene rings is 2. The van der Waals surface area contributed by atoms with Crippen LogP contribution in [0.25, 0.3) is 11.6 Å². The average Bonchev–Trinajstić information content (AvgIpc) is 2.58. The van der Waals surface area contributed by atoms with Gasteiger partial charge in [0.2, 0.25) is 0 Å². The van der Waals surface area contributed by atoms with Gasteiger partial charge < -0.3 is 10.5 Å². The van der Waals surface area contributed by atoms with Crippen LogP contribution in [0, 0.1) is 21.4 Å². The molecule has 0 atom stereocenters. The summed E-state index contributed by atoms with van der Waals surface area (Å²) in [6.45, 7) is -0.318. The van der Waals surface area contributed by atoms with E-state index < -0.39 is 10.8 Å². The third-order valence-corrected chi connectivity index (χ3v) is 3.39. The molecule has 0 aliphatic heterocycles. The minimum atomic E-state index is -0.638. The van der Waals surface area contributed by atoms with Crippen LogP contribution in [-0.4, -0.2) is 17.4 Å². The number of ether oxygens (including phenoxy) is 1. The van der Waals surface area contributed by atoms with Crippen LogP contribution in [0.15, 0.2) is 42.5 Å². The van der Waals surface area contributed by atoms with Gasteiger partial charge in [0.25, 0.3) is 11.6 Å². The highest BCUT2D eigenvalue weighted by atomic mass is 35.5. The van der Waals surface area contributed by atoms with Crippen molar-refractivity contribution in [2.45, 2.75) is 0 Å². The molecule has 0 radical (unpaired) electrons. The summed E-state index contributed by atoms with van der Waals surface area (Å²) in [5.74, 6) is -0.307. The Kier molecular flexibility index (Phi) is 5.71. The first-order valence-corrected chi connectivity index (χ1v) is 7.36. The summed E-state index contributed by atoms with van der Waals surface area (Å²) in [6.07, 6.45) is 1.52. The van der Waals surface area contributed by atoms with Gasteiger partial charge in [0, 0.05) is 22.7 Å². The molecule has 0 spiro atoms. The number of halogens is 1. The molecule has 0 saturated carbocycles. The number of nitriles is 1. The standard InChI is InChI=1S/C17H12ClN3O4/c18-14-3-6-16(25-10-17(20)22)12(8-14)7-13(9-19)11-1-4-15(5-2-11)21(23)24/h1-8H,10H2,(H2,20,22). The third-order valence-electron chi connectivity index (χ3n) is 3.15. The summed E-state index contributed by atoms with van der Waals surface area (Å²) in [6, 6.07) is 12.3. The topological polar surface area (TPSA) is 119 Å². The van der Waals surface area contributed by atoms with Crippen molar-refractivity contribution in [2.24, 2.45) is 5.73 Å². The van der Waals surface area contributed by atoms with E-state index in [4.69, 9.17) is 22.1 Å². The average molecular weight is 358 g/mol.